The third-order valence-electron chi connectivity index (χ3n) is 4.81. The Bertz CT molecular complexity index is 1030. The van der Waals surface area contributed by atoms with E-state index in [0.717, 1.165) is 21.8 Å². The molecule has 0 aromatic heterocycles. The fraction of sp³-hybridized carbons (Fsp3) is 0.143. The van der Waals surface area contributed by atoms with Crippen molar-refractivity contribution < 1.29 is 4.52 Å². The summed E-state index contributed by atoms with van der Waals surface area (Å²) in [6.45, 7) is 11.8. The van der Waals surface area contributed by atoms with Crippen molar-refractivity contribution >= 4 is 12.6 Å². The van der Waals surface area contributed by atoms with Crippen LogP contribution in [0.4, 0.5) is 0 Å². The van der Waals surface area contributed by atoms with Gasteiger partial charge in [-0.25, -0.2) is 0 Å². The van der Waals surface area contributed by atoms with Crippen LogP contribution in [0, 0.1) is 0 Å². The van der Waals surface area contributed by atoms with Crippen LogP contribution in [-0.4, -0.2) is 7.11 Å². The van der Waals surface area contributed by atoms with Gasteiger partial charge in [0, 0.05) is 17.7 Å². The van der Waals surface area contributed by atoms with Crippen LogP contribution < -0.4 is 5.30 Å². The lowest BCUT2D eigenvalue weighted by molar-refractivity contribution is 0.461. The maximum atomic E-state index is 6.35. The van der Waals surface area contributed by atoms with Crippen LogP contribution in [0.3, 0.4) is 0 Å². The summed E-state index contributed by atoms with van der Waals surface area (Å²) in [5.74, 6) is 0. The summed E-state index contributed by atoms with van der Waals surface area (Å²) in [6.07, 6.45) is 15.8. The van der Waals surface area contributed by atoms with Gasteiger partial charge in [-0.15, -0.1) is 0 Å². The van der Waals surface area contributed by atoms with Crippen LogP contribution in [0.25, 0.3) is 0 Å². The van der Waals surface area contributed by atoms with E-state index in [-0.39, 0.29) is 6.04 Å². The first-order valence-electron chi connectivity index (χ1n) is 10.4. The van der Waals surface area contributed by atoms with E-state index in [1.807, 2.05) is 68.5 Å². The molecular formula is C28H32NOP. The van der Waals surface area contributed by atoms with Crippen molar-refractivity contribution in [3.63, 3.8) is 0 Å². The van der Waals surface area contributed by atoms with E-state index in [2.05, 4.69) is 55.7 Å². The van der Waals surface area contributed by atoms with E-state index in [1.165, 1.54) is 0 Å². The normalized spacial score (nSPS) is 15.6. The molecule has 0 spiro atoms. The summed E-state index contributed by atoms with van der Waals surface area (Å²) in [5.41, 5.74) is 2.20. The predicted octanol–water partition coefficient (Wildman–Crippen LogP) is 8.15. The minimum atomic E-state index is -2.57. The Kier molecular flexibility index (Phi) is 9.97. The zero-order valence-corrected chi connectivity index (χ0v) is 19.6. The first-order valence-corrected chi connectivity index (χ1v) is 12.0. The molecule has 2 unspecified atom stereocenters. The van der Waals surface area contributed by atoms with Gasteiger partial charge in [0.25, 0.3) is 0 Å². The number of rotatable bonds is 10. The van der Waals surface area contributed by atoms with Gasteiger partial charge in [-0.3, -0.25) is 4.74 Å². The Morgan fingerprint density at radius 2 is 1.58 bits per heavy atom. The van der Waals surface area contributed by atoms with Crippen molar-refractivity contribution in [2.75, 3.05) is 7.11 Å². The van der Waals surface area contributed by atoms with Gasteiger partial charge >= 0.3 is 0 Å². The molecule has 3 heteroatoms. The van der Waals surface area contributed by atoms with E-state index >= 15 is 0 Å². The van der Waals surface area contributed by atoms with Crippen molar-refractivity contribution in [1.29, 1.82) is 0 Å². The van der Waals surface area contributed by atoms with Crippen LogP contribution in [0.1, 0.15) is 25.5 Å². The maximum Gasteiger partial charge on any atom is 0.143 e. The van der Waals surface area contributed by atoms with E-state index in [9.17, 15) is 0 Å². The highest BCUT2D eigenvalue weighted by atomic mass is 31.2. The summed E-state index contributed by atoms with van der Waals surface area (Å²) in [5, 5.41) is 2.08. The van der Waals surface area contributed by atoms with Gasteiger partial charge in [-0.05, 0) is 25.0 Å². The van der Waals surface area contributed by atoms with E-state index in [0.29, 0.717) is 0 Å². The highest BCUT2D eigenvalue weighted by Crippen LogP contribution is 2.59. The van der Waals surface area contributed by atoms with Crippen LogP contribution >= 0.6 is 7.28 Å². The largest absolute Gasteiger partial charge is 0.340 e. The minimum Gasteiger partial charge on any atom is -0.340 e. The van der Waals surface area contributed by atoms with E-state index in [4.69, 9.17) is 9.27 Å². The van der Waals surface area contributed by atoms with Crippen molar-refractivity contribution in [3.05, 3.63) is 139 Å². The molecule has 2 atom stereocenters. The smallest absolute Gasteiger partial charge is 0.143 e. The zero-order chi connectivity index (χ0) is 22.5. The molecule has 2 rings (SSSR count). The molecule has 0 saturated carbocycles. The molecule has 0 heterocycles. The van der Waals surface area contributed by atoms with Gasteiger partial charge < -0.3 is 4.52 Å². The molecule has 2 aromatic carbocycles. The quantitative estimate of drug-likeness (QED) is 0.276. The molecule has 0 aliphatic carbocycles. The second-order valence-corrected chi connectivity index (χ2v) is 9.51. The molecule has 0 amide bonds. The van der Waals surface area contributed by atoms with Gasteiger partial charge in [0.15, 0.2) is 0 Å². The summed E-state index contributed by atoms with van der Waals surface area (Å²) >= 11 is 0. The second-order valence-electron chi connectivity index (χ2n) is 6.73. The van der Waals surface area contributed by atoms with Gasteiger partial charge in [0.1, 0.15) is 13.3 Å². The highest BCUT2D eigenvalue weighted by molar-refractivity contribution is 7.73. The van der Waals surface area contributed by atoms with Crippen LogP contribution in [0.5, 0.6) is 0 Å². The lowest BCUT2D eigenvalue weighted by atomic mass is 9.99. The Morgan fingerprint density at radius 1 is 0.935 bits per heavy atom. The average Bonchev–Trinajstić information content (AvgIpc) is 2.82. The highest BCUT2D eigenvalue weighted by Gasteiger charge is 2.28. The molecule has 0 radical (unpaired) electrons. The lowest BCUT2D eigenvalue weighted by Gasteiger charge is -2.28. The molecule has 2 nitrogen and oxygen atoms in total. The maximum absolute atomic E-state index is 6.35. The predicted molar refractivity (Wildman–Crippen MR) is 138 cm³/mol. The molecule has 0 fully saturated rings. The molecule has 0 bridgehead atoms. The molecular weight excluding hydrogens is 397 g/mol. The molecule has 160 valence electrons. The minimum absolute atomic E-state index is 0.200. The van der Waals surface area contributed by atoms with E-state index in [1.54, 1.807) is 19.3 Å². The van der Waals surface area contributed by atoms with Gasteiger partial charge in [-0.1, -0.05) is 122 Å². The topological polar surface area (TPSA) is 21.6 Å². The van der Waals surface area contributed by atoms with Gasteiger partial charge in [0.2, 0.25) is 0 Å². The van der Waals surface area contributed by atoms with Crippen molar-refractivity contribution in [2.45, 2.75) is 19.9 Å². The van der Waals surface area contributed by atoms with Crippen LogP contribution in [-0.2, 0) is 4.52 Å². The van der Waals surface area contributed by atoms with Crippen molar-refractivity contribution in [1.82, 2.24) is 0 Å². The van der Waals surface area contributed by atoms with Crippen LogP contribution in [0.2, 0.25) is 0 Å². The first kappa shape index (κ1) is 24.3. The summed E-state index contributed by atoms with van der Waals surface area (Å²) in [6, 6.07) is 20.4. The van der Waals surface area contributed by atoms with Gasteiger partial charge in [-0.2, -0.15) is 0 Å². The lowest BCUT2D eigenvalue weighted by Crippen LogP contribution is -2.10. The monoisotopic (exact) mass is 429 g/mol. The Hall–Kier alpha value is -2.93. The molecule has 0 N–H and O–H groups in total. The number of benzene rings is 2. The third kappa shape index (κ3) is 6.04. The Balaban J connectivity index is 2.94. The first-order chi connectivity index (χ1) is 15.2. The summed E-state index contributed by atoms with van der Waals surface area (Å²) < 4.78 is 11.8. The van der Waals surface area contributed by atoms with Gasteiger partial charge in [0.05, 0.1) is 0 Å². The number of allylic oxidation sites excluding steroid dienone is 8. The Labute approximate surface area is 187 Å². The number of nitrogens with zero attached hydrogens (tertiary/aromatic N) is 1. The standard InChI is InChI=1S/C28H32NOP/c1-6-10-19-24(9-4)28(25-20-13-11-14-21-25)29-31(30-5,26(17-7-2)18-8-3)27-22-15-12-16-23-27/h6-23,28H,1-2H2,3-5H3/b18-8-,19-10-,24-9+,26-17+. The fourth-order valence-corrected chi connectivity index (χ4v) is 6.28. The fourth-order valence-electron chi connectivity index (χ4n) is 3.37. The molecule has 0 aliphatic rings. The second kappa shape index (κ2) is 12.7. The third-order valence-corrected chi connectivity index (χ3v) is 7.89. The van der Waals surface area contributed by atoms with Crippen LogP contribution in [0.15, 0.2) is 138 Å². The zero-order valence-electron chi connectivity index (χ0n) is 18.7. The van der Waals surface area contributed by atoms with Crippen molar-refractivity contribution in [3.8, 4) is 0 Å². The average molecular weight is 430 g/mol. The SMILES string of the molecule is C=C/C=C\C(=C/C)C(N=P(OC)(C(/C=C\C)=C/C=C)c1ccccc1)c1ccccc1. The number of hydrogen-bond donors (Lipinski definition) is 0. The molecule has 0 saturated heterocycles. The summed E-state index contributed by atoms with van der Waals surface area (Å²) in [4.78, 5) is 0. The van der Waals surface area contributed by atoms with E-state index < -0.39 is 7.28 Å². The van der Waals surface area contributed by atoms with Crippen molar-refractivity contribution in [2.24, 2.45) is 4.74 Å². The molecule has 0 aliphatic heterocycles. The Morgan fingerprint density at radius 3 is 2.10 bits per heavy atom. The number of hydrogen-bond acceptors (Lipinski definition) is 2. The molecule has 2 aromatic rings. The summed E-state index contributed by atoms with van der Waals surface area (Å²) in [7, 11) is -0.814. The molecule has 31 heavy (non-hydrogen) atoms.